The molecule has 0 fully saturated rings. The topological polar surface area (TPSA) is 17.1 Å². The van der Waals surface area contributed by atoms with E-state index in [1.807, 2.05) is 6.08 Å². The molecule has 0 aliphatic carbocycles. The lowest BCUT2D eigenvalue weighted by atomic mass is 10.3. The van der Waals surface area contributed by atoms with Gasteiger partial charge in [0.05, 0.1) is 0 Å². The Morgan fingerprint density at radius 3 is 1.33 bits per heavy atom. The fourth-order valence-electron chi connectivity index (χ4n) is 3.32. The highest BCUT2D eigenvalue weighted by atomic mass is 28.3. The van der Waals surface area contributed by atoms with Crippen LogP contribution in [0.15, 0.2) is 103 Å². The van der Waals surface area contributed by atoms with Crippen molar-refractivity contribution < 1.29 is 4.79 Å². The standard InChI is InChI=1S/C22H20OSi/c23-18-10-11-19-24(20-12-4-1-5-13-20,21-14-6-2-7-15-21)22-16-8-3-9-17-22/h1-18H,19H2/b11-10+. The third-order valence-electron chi connectivity index (χ3n) is 4.44. The maximum absolute atomic E-state index is 10.8. The summed E-state index contributed by atoms with van der Waals surface area (Å²) in [5, 5.41) is 4.08. The summed E-state index contributed by atoms with van der Waals surface area (Å²) >= 11 is 0. The molecule has 0 aliphatic rings. The Morgan fingerprint density at radius 2 is 1.00 bits per heavy atom. The van der Waals surface area contributed by atoms with Crippen molar-refractivity contribution in [3.63, 3.8) is 0 Å². The van der Waals surface area contributed by atoms with Gasteiger partial charge in [0, 0.05) is 0 Å². The van der Waals surface area contributed by atoms with Crippen LogP contribution in [0.2, 0.25) is 6.04 Å². The van der Waals surface area contributed by atoms with Gasteiger partial charge in [0.25, 0.3) is 0 Å². The van der Waals surface area contributed by atoms with Gasteiger partial charge < -0.3 is 0 Å². The molecule has 0 aliphatic heterocycles. The molecule has 24 heavy (non-hydrogen) atoms. The van der Waals surface area contributed by atoms with E-state index < -0.39 is 8.07 Å². The van der Waals surface area contributed by atoms with Crippen LogP contribution in [0.5, 0.6) is 0 Å². The minimum atomic E-state index is -2.21. The van der Waals surface area contributed by atoms with Crippen molar-refractivity contribution in [1.29, 1.82) is 0 Å². The molecule has 3 aromatic carbocycles. The van der Waals surface area contributed by atoms with E-state index in [2.05, 4.69) is 91.0 Å². The van der Waals surface area contributed by atoms with Crippen LogP contribution in [0.25, 0.3) is 0 Å². The minimum Gasteiger partial charge on any atom is -0.299 e. The summed E-state index contributed by atoms with van der Waals surface area (Å²) in [6, 6.07) is 33.0. The Hall–Kier alpha value is -2.71. The fourth-order valence-corrected chi connectivity index (χ4v) is 7.80. The van der Waals surface area contributed by atoms with Crippen molar-refractivity contribution in [2.45, 2.75) is 6.04 Å². The highest BCUT2D eigenvalue weighted by molar-refractivity contribution is 7.11. The molecule has 118 valence electrons. The van der Waals surface area contributed by atoms with Gasteiger partial charge in [0.15, 0.2) is 8.07 Å². The molecule has 0 aromatic heterocycles. The van der Waals surface area contributed by atoms with Crippen molar-refractivity contribution in [1.82, 2.24) is 0 Å². The van der Waals surface area contributed by atoms with Gasteiger partial charge in [-0.3, -0.25) is 4.79 Å². The molecule has 1 nitrogen and oxygen atoms in total. The molecule has 0 atom stereocenters. The number of carbonyl (C=O) groups excluding carboxylic acids is 1. The Balaban J connectivity index is 2.28. The van der Waals surface area contributed by atoms with Gasteiger partial charge in [-0.15, -0.1) is 0 Å². The van der Waals surface area contributed by atoms with Gasteiger partial charge in [-0.1, -0.05) is 97.1 Å². The van der Waals surface area contributed by atoms with Crippen LogP contribution < -0.4 is 15.6 Å². The summed E-state index contributed by atoms with van der Waals surface area (Å²) in [6.45, 7) is 0. The maximum Gasteiger partial charge on any atom is 0.151 e. The zero-order valence-corrected chi connectivity index (χ0v) is 14.5. The van der Waals surface area contributed by atoms with Crippen molar-refractivity contribution in [3.05, 3.63) is 103 Å². The average Bonchev–Trinajstić information content (AvgIpc) is 2.68. The van der Waals surface area contributed by atoms with Gasteiger partial charge in [0.2, 0.25) is 0 Å². The summed E-state index contributed by atoms with van der Waals surface area (Å²) in [5.74, 6) is 0. The first kappa shape index (κ1) is 16.2. The molecule has 2 heteroatoms. The molecule has 0 unspecified atom stereocenters. The lowest BCUT2D eigenvalue weighted by Crippen LogP contribution is -2.66. The van der Waals surface area contributed by atoms with Gasteiger partial charge in [0.1, 0.15) is 6.29 Å². The first-order chi connectivity index (χ1) is 11.9. The first-order valence-corrected chi connectivity index (χ1v) is 10.4. The second-order valence-corrected chi connectivity index (χ2v) is 9.72. The molecule has 0 radical (unpaired) electrons. The summed E-state index contributed by atoms with van der Waals surface area (Å²) in [6.07, 6.45) is 4.50. The predicted molar refractivity (Wildman–Crippen MR) is 104 cm³/mol. The van der Waals surface area contributed by atoms with Gasteiger partial charge in [-0.25, -0.2) is 0 Å². The van der Waals surface area contributed by atoms with E-state index in [0.717, 1.165) is 12.3 Å². The van der Waals surface area contributed by atoms with Gasteiger partial charge >= 0.3 is 0 Å². The maximum atomic E-state index is 10.8. The Morgan fingerprint density at radius 1 is 0.625 bits per heavy atom. The number of allylic oxidation sites excluding steroid dienone is 2. The summed E-state index contributed by atoms with van der Waals surface area (Å²) in [7, 11) is -2.21. The second-order valence-electron chi connectivity index (χ2n) is 5.77. The van der Waals surface area contributed by atoms with Crippen molar-refractivity contribution in [2.24, 2.45) is 0 Å². The average molecular weight is 328 g/mol. The van der Waals surface area contributed by atoms with Crippen LogP contribution in [0.1, 0.15) is 0 Å². The Kier molecular flexibility index (Phi) is 5.19. The molecule has 0 saturated carbocycles. The van der Waals surface area contributed by atoms with Crippen LogP contribution in [0.3, 0.4) is 0 Å². The zero-order chi connectivity index (χ0) is 16.7. The van der Waals surface area contributed by atoms with Crippen molar-refractivity contribution >= 4 is 29.9 Å². The first-order valence-electron chi connectivity index (χ1n) is 8.15. The van der Waals surface area contributed by atoms with E-state index in [1.54, 1.807) is 6.08 Å². The van der Waals surface area contributed by atoms with Crippen LogP contribution in [-0.4, -0.2) is 14.4 Å². The zero-order valence-electron chi connectivity index (χ0n) is 13.5. The fraction of sp³-hybridized carbons (Fsp3) is 0.0455. The highest BCUT2D eigenvalue weighted by Gasteiger charge is 2.37. The number of hydrogen-bond donors (Lipinski definition) is 0. The summed E-state index contributed by atoms with van der Waals surface area (Å²) in [4.78, 5) is 10.8. The molecule has 0 N–H and O–H groups in total. The number of benzene rings is 3. The lowest BCUT2D eigenvalue weighted by molar-refractivity contribution is -0.104. The molecule has 0 saturated heterocycles. The third-order valence-corrected chi connectivity index (χ3v) is 9.24. The van der Waals surface area contributed by atoms with E-state index in [-0.39, 0.29) is 0 Å². The van der Waals surface area contributed by atoms with E-state index >= 15 is 0 Å². The van der Waals surface area contributed by atoms with Gasteiger partial charge in [-0.2, -0.15) is 0 Å². The smallest absolute Gasteiger partial charge is 0.151 e. The van der Waals surface area contributed by atoms with Crippen LogP contribution >= 0.6 is 0 Å². The quantitative estimate of drug-likeness (QED) is 0.294. The molecule has 0 amide bonds. The number of rotatable bonds is 6. The molecule has 0 bridgehead atoms. The summed E-state index contributed by atoms with van der Waals surface area (Å²) in [5.41, 5.74) is 0. The van der Waals surface area contributed by atoms with E-state index in [0.29, 0.717) is 0 Å². The monoisotopic (exact) mass is 328 g/mol. The summed E-state index contributed by atoms with van der Waals surface area (Å²) < 4.78 is 0. The predicted octanol–water partition coefficient (Wildman–Crippen LogP) is 2.91. The van der Waals surface area contributed by atoms with Crippen LogP contribution in [0.4, 0.5) is 0 Å². The normalized spacial score (nSPS) is 11.5. The molecular formula is C22H20OSi. The highest BCUT2D eigenvalue weighted by Crippen LogP contribution is 2.13. The molecule has 0 heterocycles. The van der Waals surface area contributed by atoms with Crippen LogP contribution in [-0.2, 0) is 4.79 Å². The Bertz CT molecular complexity index is 698. The molecule has 3 rings (SSSR count). The number of carbonyl (C=O) groups is 1. The second kappa shape index (κ2) is 7.71. The lowest BCUT2D eigenvalue weighted by Gasteiger charge is -2.32. The van der Waals surface area contributed by atoms with E-state index in [4.69, 9.17) is 0 Å². The number of aldehydes is 1. The van der Waals surface area contributed by atoms with E-state index in [9.17, 15) is 4.79 Å². The minimum absolute atomic E-state index is 0.861. The number of hydrogen-bond acceptors (Lipinski definition) is 1. The van der Waals surface area contributed by atoms with Gasteiger partial charge in [-0.05, 0) is 27.7 Å². The molecule has 3 aromatic rings. The SMILES string of the molecule is O=C/C=C/C[Si](c1ccccc1)(c1ccccc1)c1ccccc1. The van der Waals surface area contributed by atoms with Crippen LogP contribution in [0, 0.1) is 0 Å². The van der Waals surface area contributed by atoms with E-state index in [1.165, 1.54) is 15.6 Å². The Labute approximate surface area is 144 Å². The third kappa shape index (κ3) is 3.14. The molecular weight excluding hydrogens is 308 g/mol. The van der Waals surface area contributed by atoms with Crippen molar-refractivity contribution in [3.8, 4) is 0 Å². The largest absolute Gasteiger partial charge is 0.299 e. The van der Waals surface area contributed by atoms with Crippen molar-refractivity contribution in [2.75, 3.05) is 0 Å². The molecule has 0 spiro atoms.